The Hall–Kier alpha value is -3.34. The van der Waals surface area contributed by atoms with Gasteiger partial charge in [0, 0.05) is 12.2 Å². The van der Waals surface area contributed by atoms with Gasteiger partial charge in [-0.05, 0) is 35.9 Å². The van der Waals surface area contributed by atoms with Crippen molar-refractivity contribution in [3.05, 3.63) is 53.3 Å². The molecule has 2 aromatic carbocycles. The van der Waals surface area contributed by atoms with Crippen LogP contribution in [0.3, 0.4) is 0 Å². The van der Waals surface area contributed by atoms with Crippen molar-refractivity contribution in [2.75, 3.05) is 16.0 Å². The summed E-state index contributed by atoms with van der Waals surface area (Å²) in [5.41, 5.74) is 1.39. The van der Waals surface area contributed by atoms with Crippen molar-refractivity contribution >= 4 is 33.2 Å². The van der Waals surface area contributed by atoms with Gasteiger partial charge < -0.3 is 20.7 Å². The van der Waals surface area contributed by atoms with Crippen LogP contribution in [0.2, 0.25) is 0 Å². The average molecular weight is 406 g/mol. The zero-order valence-corrected chi connectivity index (χ0v) is 15.1. The first-order valence-electron chi connectivity index (χ1n) is 8.22. The summed E-state index contributed by atoms with van der Waals surface area (Å²) in [4.78, 5) is 24.5. The minimum Gasteiger partial charge on any atom is -0.474 e. The van der Waals surface area contributed by atoms with Gasteiger partial charge in [0.1, 0.15) is 11.6 Å². The number of hydrogen-bond donors (Lipinski definition) is 4. The highest BCUT2D eigenvalue weighted by Crippen LogP contribution is 2.30. The Kier molecular flexibility index (Phi) is 4.30. The van der Waals surface area contributed by atoms with Crippen LogP contribution in [0.4, 0.5) is 15.8 Å². The van der Waals surface area contributed by atoms with Gasteiger partial charge in [-0.15, -0.1) is 0 Å². The fourth-order valence-corrected chi connectivity index (χ4v) is 3.72. The van der Waals surface area contributed by atoms with E-state index >= 15 is 0 Å². The summed E-state index contributed by atoms with van der Waals surface area (Å²) in [5, 5.41) is 7.94. The third kappa shape index (κ3) is 3.56. The molecule has 2 aliphatic heterocycles. The number of amides is 2. The van der Waals surface area contributed by atoms with Crippen molar-refractivity contribution in [1.82, 2.24) is 10.6 Å². The number of hydrogen-bond acceptors (Lipinski definition) is 6. The van der Waals surface area contributed by atoms with Crippen LogP contribution >= 0.6 is 0 Å². The second-order valence-corrected chi connectivity index (χ2v) is 7.94. The highest BCUT2D eigenvalue weighted by atomic mass is 32.2. The molecule has 28 heavy (non-hydrogen) atoms. The van der Waals surface area contributed by atoms with Crippen molar-refractivity contribution in [2.24, 2.45) is 0 Å². The molecular formula is C17H15FN4O5S. The molecule has 0 bridgehead atoms. The standard InChI is InChI=1S/C17H15FN4O5S/c18-10-2-3-12-11(6-10)16(23)21-15(20-12)17(24)19-7-9-1-4-14-13(5-9)22-28(25,26)8-27-14/h1-6,15,20,22H,7-8H2,(H,19,24)(H,21,23). The first kappa shape index (κ1) is 18.0. The average Bonchev–Trinajstić information content (AvgIpc) is 2.65. The molecule has 11 heteroatoms. The van der Waals surface area contributed by atoms with Crippen LogP contribution < -0.4 is 25.4 Å². The lowest BCUT2D eigenvalue weighted by Gasteiger charge is -2.27. The lowest BCUT2D eigenvalue weighted by Crippen LogP contribution is -2.53. The molecule has 0 aromatic heterocycles. The highest BCUT2D eigenvalue weighted by molar-refractivity contribution is 7.92. The normalized spacial score (nSPS) is 19.0. The SMILES string of the molecule is O=C1NC(C(=O)NCc2ccc3c(c2)NS(=O)(=O)CO3)Nc2ccc(F)cc21. The number of nitrogens with one attached hydrogen (secondary N) is 4. The molecule has 2 aromatic rings. The summed E-state index contributed by atoms with van der Waals surface area (Å²) in [5.74, 6) is -1.67. The van der Waals surface area contributed by atoms with Gasteiger partial charge in [0.25, 0.3) is 21.8 Å². The van der Waals surface area contributed by atoms with E-state index in [0.717, 1.165) is 6.07 Å². The van der Waals surface area contributed by atoms with Crippen molar-refractivity contribution in [2.45, 2.75) is 12.7 Å². The van der Waals surface area contributed by atoms with Crippen LogP contribution in [-0.2, 0) is 21.4 Å². The number of sulfonamides is 1. The van der Waals surface area contributed by atoms with Gasteiger partial charge in [-0.1, -0.05) is 6.07 Å². The monoisotopic (exact) mass is 406 g/mol. The van der Waals surface area contributed by atoms with Gasteiger partial charge in [0.15, 0.2) is 6.17 Å². The molecule has 0 saturated heterocycles. The molecule has 0 aliphatic carbocycles. The van der Waals surface area contributed by atoms with E-state index in [1.54, 1.807) is 18.2 Å². The van der Waals surface area contributed by atoms with Gasteiger partial charge in [-0.2, -0.15) is 0 Å². The number of benzene rings is 2. The Morgan fingerprint density at radius 1 is 1.18 bits per heavy atom. The number of halogens is 1. The van der Waals surface area contributed by atoms with E-state index < -0.39 is 39.8 Å². The molecule has 1 unspecified atom stereocenters. The van der Waals surface area contributed by atoms with E-state index in [0.29, 0.717) is 17.0 Å². The summed E-state index contributed by atoms with van der Waals surface area (Å²) < 4.78 is 43.9. The largest absolute Gasteiger partial charge is 0.474 e. The number of rotatable bonds is 3. The Bertz CT molecular complexity index is 1090. The fourth-order valence-electron chi connectivity index (χ4n) is 2.88. The van der Waals surface area contributed by atoms with E-state index in [1.807, 2.05) is 0 Å². The summed E-state index contributed by atoms with van der Waals surface area (Å²) in [6.45, 7) is 0.0954. The maximum Gasteiger partial charge on any atom is 0.268 e. The molecule has 1 atom stereocenters. The lowest BCUT2D eigenvalue weighted by atomic mass is 10.1. The van der Waals surface area contributed by atoms with Crippen LogP contribution in [0, 0.1) is 5.82 Å². The molecule has 2 amide bonds. The second-order valence-electron chi connectivity index (χ2n) is 6.27. The van der Waals surface area contributed by atoms with E-state index in [2.05, 4.69) is 20.7 Å². The van der Waals surface area contributed by atoms with Crippen LogP contribution in [0.1, 0.15) is 15.9 Å². The third-order valence-electron chi connectivity index (χ3n) is 4.21. The molecule has 0 spiro atoms. The Balaban J connectivity index is 1.43. The summed E-state index contributed by atoms with van der Waals surface area (Å²) in [6.07, 6.45) is -1.02. The Morgan fingerprint density at radius 2 is 2.00 bits per heavy atom. The predicted molar refractivity (Wildman–Crippen MR) is 97.6 cm³/mol. The topological polar surface area (TPSA) is 126 Å². The van der Waals surface area contributed by atoms with Gasteiger partial charge in [-0.3, -0.25) is 14.3 Å². The zero-order valence-electron chi connectivity index (χ0n) is 14.3. The van der Waals surface area contributed by atoms with Crippen LogP contribution in [-0.4, -0.2) is 32.3 Å². The zero-order chi connectivity index (χ0) is 19.9. The first-order chi connectivity index (χ1) is 13.3. The Labute approximate surface area is 159 Å². The van der Waals surface area contributed by atoms with E-state index in [-0.39, 0.29) is 17.8 Å². The van der Waals surface area contributed by atoms with Crippen LogP contribution in [0.5, 0.6) is 5.75 Å². The van der Waals surface area contributed by atoms with E-state index in [9.17, 15) is 22.4 Å². The molecule has 0 radical (unpaired) electrons. The molecule has 4 N–H and O–H groups in total. The molecule has 146 valence electrons. The number of carbonyl (C=O) groups is 2. The van der Waals surface area contributed by atoms with E-state index in [1.165, 1.54) is 12.1 Å². The summed E-state index contributed by atoms with van der Waals surface area (Å²) in [6, 6.07) is 8.50. The van der Waals surface area contributed by atoms with Crippen molar-refractivity contribution in [3.63, 3.8) is 0 Å². The summed E-state index contributed by atoms with van der Waals surface area (Å²) in [7, 11) is -3.54. The maximum atomic E-state index is 13.3. The van der Waals surface area contributed by atoms with Crippen molar-refractivity contribution < 1.29 is 27.1 Å². The van der Waals surface area contributed by atoms with Crippen LogP contribution in [0.15, 0.2) is 36.4 Å². The molecule has 2 heterocycles. The predicted octanol–water partition coefficient (Wildman–Crippen LogP) is 0.715. The van der Waals surface area contributed by atoms with Gasteiger partial charge in [0.05, 0.1) is 11.3 Å². The minimum absolute atomic E-state index is 0.0954. The highest BCUT2D eigenvalue weighted by Gasteiger charge is 2.28. The maximum absolute atomic E-state index is 13.3. The molecule has 0 saturated carbocycles. The smallest absolute Gasteiger partial charge is 0.268 e. The van der Waals surface area contributed by atoms with Gasteiger partial charge in [-0.25, -0.2) is 12.8 Å². The number of carbonyl (C=O) groups excluding carboxylic acids is 2. The van der Waals surface area contributed by atoms with E-state index in [4.69, 9.17) is 4.74 Å². The fraction of sp³-hybridized carbons (Fsp3) is 0.176. The van der Waals surface area contributed by atoms with Gasteiger partial charge >= 0.3 is 0 Å². The molecular weight excluding hydrogens is 391 g/mol. The quantitative estimate of drug-likeness (QED) is 0.595. The molecule has 4 rings (SSSR count). The third-order valence-corrected chi connectivity index (χ3v) is 5.17. The minimum atomic E-state index is -3.54. The van der Waals surface area contributed by atoms with Crippen molar-refractivity contribution in [3.8, 4) is 5.75 Å². The molecule has 0 fully saturated rings. The lowest BCUT2D eigenvalue weighted by molar-refractivity contribution is -0.122. The van der Waals surface area contributed by atoms with Gasteiger partial charge in [0.2, 0.25) is 5.94 Å². The molecule has 2 aliphatic rings. The number of anilines is 2. The Morgan fingerprint density at radius 3 is 2.82 bits per heavy atom. The number of ether oxygens (including phenoxy) is 1. The van der Waals surface area contributed by atoms with Crippen molar-refractivity contribution in [1.29, 1.82) is 0 Å². The van der Waals surface area contributed by atoms with Crippen LogP contribution in [0.25, 0.3) is 0 Å². The first-order valence-corrected chi connectivity index (χ1v) is 9.87. The molecule has 9 nitrogen and oxygen atoms in total. The summed E-state index contributed by atoms with van der Waals surface area (Å²) >= 11 is 0. The number of fused-ring (bicyclic) bond motifs is 2. The second kappa shape index (κ2) is 6.68.